The molecule has 1 aromatic heterocycles. The number of hydrogen-bond acceptors (Lipinski definition) is 4. The maximum Gasteiger partial charge on any atom is 0.0300 e. The largest absolute Gasteiger partial charge is 0.311 e. The zero-order chi connectivity index (χ0) is 13.8. The van der Waals surface area contributed by atoms with Crippen LogP contribution in [0.5, 0.6) is 0 Å². The van der Waals surface area contributed by atoms with E-state index in [0.717, 1.165) is 19.1 Å². The molecule has 2 saturated heterocycles. The molecular formula is C15H24BrN3S. The van der Waals surface area contributed by atoms with Crippen molar-refractivity contribution >= 4 is 27.3 Å². The minimum atomic E-state index is 0.839. The molecule has 5 heteroatoms. The van der Waals surface area contributed by atoms with Crippen molar-refractivity contribution in [3.8, 4) is 0 Å². The van der Waals surface area contributed by atoms with E-state index in [-0.39, 0.29) is 0 Å². The SMILES string of the molecule is Brc1csc(CNCCN2CCN3CCCCC3C2)c1. The van der Waals surface area contributed by atoms with E-state index in [4.69, 9.17) is 0 Å². The van der Waals surface area contributed by atoms with Crippen LogP contribution in [0.4, 0.5) is 0 Å². The summed E-state index contributed by atoms with van der Waals surface area (Å²) in [5.74, 6) is 0. The lowest BCUT2D eigenvalue weighted by atomic mass is 9.99. The molecule has 2 aliphatic rings. The van der Waals surface area contributed by atoms with E-state index < -0.39 is 0 Å². The number of halogens is 1. The second-order valence-corrected chi connectivity index (χ2v) is 7.81. The minimum absolute atomic E-state index is 0.839. The predicted octanol–water partition coefficient (Wildman–Crippen LogP) is 2.77. The molecule has 0 aliphatic carbocycles. The lowest BCUT2D eigenvalue weighted by molar-refractivity contribution is 0.0500. The van der Waals surface area contributed by atoms with Crippen molar-refractivity contribution in [1.82, 2.24) is 15.1 Å². The summed E-state index contributed by atoms with van der Waals surface area (Å²) in [4.78, 5) is 6.76. The Morgan fingerprint density at radius 3 is 3.10 bits per heavy atom. The number of fused-ring (bicyclic) bond motifs is 1. The molecule has 3 nitrogen and oxygen atoms in total. The van der Waals surface area contributed by atoms with E-state index >= 15 is 0 Å². The maximum absolute atomic E-state index is 3.57. The average molecular weight is 358 g/mol. The fraction of sp³-hybridized carbons (Fsp3) is 0.733. The number of rotatable bonds is 5. The molecular weight excluding hydrogens is 334 g/mol. The Kier molecular flexibility index (Phi) is 5.51. The van der Waals surface area contributed by atoms with E-state index in [1.165, 1.54) is 61.3 Å². The summed E-state index contributed by atoms with van der Waals surface area (Å²) >= 11 is 5.33. The second kappa shape index (κ2) is 7.36. The standard InChI is InChI=1S/C15H24BrN3S/c16-13-9-15(20-12-13)10-17-4-6-18-7-8-19-5-2-1-3-14(19)11-18/h9,12,14,17H,1-8,10-11H2. The van der Waals surface area contributed by atoms with Gasteiger partial charge in [-0.15, -0.1) is 11.3 Å². The first-order valence-corrected chi connectivity index (χ1v) is 9.38. The van der Waals surface area contributed by atoms with Crippen LogP contribution in [0.15, 0.2) is 15.9 Å². The van der Waals surface area contributed by atoms with Gasteiger partial charge in [-0.2, -0.15) is 0 Å². The normalized spacial score (nSPS) is 24.8. The van der Waals surface area contributed by atoms with Crippen molar-refractivity contribution in [2.24, 2.45) is 0 Å². The number of piperazine rings is 1. The first kappa shape index (κ1) is 15.0. The fourth-order valence-electron chi connectivity index (χ4n) is 3.32. The molecule has 20 heavy (non-hydrogen) atoms. The van der Waals surface area contributed by atoms with Gasteiger partial charge in [0.1, 0.15) is 0 Å². The Bertz CT molecular complexity index is 423. The average Bonchev–Trinajstić information content (AvgIpc) is 2.89. The van der Waals surface area contributed by atoms with Gasteiger partial charge in [-0.05, 0) is 41.4 Å². The zero-order valence-corrected chi connectivity index (χ0v) is 14.4. The Balaban J connectivity index is 1.34. The summed E-state index contributed by atoms with van der Waals surface area (Å²) in [5.41, 5.74) is 0. The molecule has 1 N–H and O–H groups in total. The Hall–Kier alpha value is 0.0600. The quantitative estimate of drug-likeness (QED) is 0.817. The third-order valence-electron chi connectivity index (χ3n) is 4.45. The second-order valence-electron chi connectivity index (χ2n) is 5.89. The Labute approximate surface area is 134 Å². The van der Waals surface area contributed by atoms with Gasteiger partial charge < -0.3 is 5.32 Å². The molecule has 112 valence electrons. The molecule has 2 fully saturated rings. The van der Waals surface area contributed by atoms with Crippen molar-refractivity contribution in [3.05, 3.63) is 20.8 Å². The van der Waals surface area contributed by atoms with Crippen molar-refractivity contribution in [2.45, 2.75) is 31.8 Å². The van der Waals surface area contributed by atoms with Crippen LogP contribution in [-0.2, 0) is 6.54 Å². The summed E-state index contributed by atoms with van der Waals surface area (Å²) in [7, 11) is 0. The Morgan fingerprint density at radius 1 is 1.30 bits per heavy atom. The van der Waals surface area contributed by atoms with Gasteiger partial charge in [0, 0.05) is 60.0 Å². The molecule has 1 unspecified atom stereocenters. The van der Waals surface area contributed by atoms with Gasteiger partial charge in [-0.3, -0.25) is 9.80 Å². The van der Waals surface area contributed by atoms with E-state index in [1.807, 2.05) is 11.3 Å². The van der Waals surface area contributed by atoms with Gasteiger partial charge in [0.25, 0.3) is 0 Å². The van der Waals surface area contributed by atoms with Gasteiger partial charge in [0.15, 0.2) is 0 Å². The third-order valence-corrected chi connectivity index (χ3v) is 6.14. The van der Waals surface area contributed by atoms with Gasteiger partial charge in [-0.25, -0.2) is 0 Å². The Morgan fingerprint density at radius 2 is 2.25 bits per heavy atom. The predicted molar refractivity (Wildman–Crippen MR) is 89.4 cm³/mol. The molecule has 0 aromatic carbocycles. The van der Waals surface area contributed by atoms with Gasteiger partial charge in [0.2, 0.25) is 0 Å². The van der Waals surface area contributed by atoms with Crippen molar-refractivity contribution in [3.63, 3.8) is 0 Å². The van der Waals surface area contributed by atoms with Gasteiger partial charge in [-0.1, -0.05) is 6.42 Å². The van der Waals surface area contributed by atoms with Crippen LogP contribution in [0.3, 0.4) is 0 Å². The van der Waals surface area contributed by atoms with Crippen molar-refractivity contribution < 1.29 is 0 Å². The highest BCUT2D eigenvalue weighted by molar-refractivity contribution is 9.10. The topological polar surface area (TPSA) is 18.5 Å². The van der Waals surface area contributed by atoms with E-state index in [1.54, 1.807) is 0 Å². The lowest BCUT2D eigenvalue weighted by Crippen LogP contribution is -2.55. The number of piperidine rings is 1. The summed E-state index contributed by atoms with van der Waals surface area (Å²) in [6, 6.07) is 3.05. The number of nitrogens with one attached hydrogen (secondary N) is 1. The number of thiophene rings is 1. The summed E-state index contributed by atoms with van der Waals surface area (Å²) < 4.78 is 1.20. The van der Waals surface area contributed by atoms with Crippen LogP contribution in [0.1, 0.15) is 24.1 Å². The van der Waals surface area contributed by atoms with E-state index in [9.17, 15) is 0 Å². The molecule has 0 saturated carbocycles. The van der Waals surface area contributed by atoms with Crippen LogP contribution >= 0.6 is 27.3 Å². The third kappa shape index (κ3) is 4.04. The molecule has 2 aliphatic heterocycles. The molecule has 0 radical (unpaired) electrons. The first-order chi connectivity index (χ1) is 9.81. The molecule has 1 atom stereocenters. The van der Waals surface area contributed by atoms with Crippen LogP contribution in [0, 0.1) is 0 Å². The zero-order valence-electron chi connectivity index (χ0n) is 12.0. The highest BCUT2D eigenvalue weighted by Gasteiger charge is 2.28. The van der Waals surface area contributed by atoms with Crippen LogP contribution in [-0.4, -0.2) is 55.1 Å². The molecule has 0 bridgehead atoms. The van der Waals surface area contributed by atoms with Crippen molar-refractivity contribution in [1.29, 1.82) is 0 Å². The van der Waals surface area contributed by atoms with Crippen LogP contribution in [0.25, 0.3) is 0 Å². The highest BCUT2D eigenvalue weighted by Crippen LogP contribution is 2.21. The van der Waals surface area contributed by atoms with Crippen LogP contribution in [0.2, 0.25) is 0 Å². The summed E-state index contributed by atoms with van der Waals surface area (Å²) in [6.45, 7) is 8.44. The van der Waals surface area contributed by atoms with Gasteiger partial charge >= 0.3 is 0 Å². The minimum Gasteiger partial charge on any atom is -0.311 e. The highest BCUT2D eigenvalue weighted by atomic mass is 79.9. The lowest BCUT2D eigenvalue weighted by Gasteiger charge is -2.44. The fourth-order valence-corrected chi connectivity index (χ4v) is 4.74. The molecule has 3 heterocycles. The monoisotopic (exact) mass is 357 g/mol. The van der Waals surface area contributed by atoms with E-state index in [2.05, 4.69) is 42.5 Å². The first-order valence-electron chi connectivity index (χ1n) is 7.71. The van der Waals surface area contributed by atoms with Gasteiger partial charge in [0.05, 0.1) is 0 Å². The smallest absolute Gasteiger partial charge is 0.0300 e. The molecule has 3 rings (SSSR count). The summed E-state index contributed by atoms with van der Waals surface area (Å²) in [5, 5.41) is 5.72. The van der Waals surface area contributed by atoms with Crippen molar-refractivity contribution in [2.75, 3.05) is 39.3 Å². The van der Waals surface area contributed by atoms with Crippen LogP contribution < -0.4 is 5.32 Å². The number of nitrogens with zero attached hydrogens (tertiary/aromatic N) is 2. The number of hydrogen-bond donors (Lipinski definition) is 1. The summed E-state index contributed by atoms with van der Waals surface area (Å²) in [6.07, 6.45) is 4.25. The molecule has 0 amide bonds. The molecule has 0 spiro atoms. The van der Waals surface area contributed by atoms with E-state index in [0.29, 0.717) is 0 Å². The maximum atomic E-state index is 3.57. The molecule has 1 aromatic rings.